The molecular weight excluding hydrogens is 304 g/mol. The van der Waals surface area contributed by atoms with Crippen molar-refractivity contribution < 1.29 is 0 Å². The first-order valence-corrected chi connectivity index (χ1v) is 10.3. The lowest BCUT2D eigenvalue weighted by atomic mass is 9.98. The molecule has 0 aromatic carbocycles. The lowest BCUT2D eigenvalue weighted by Gasteiger charge is -2.12. The van der Waals surface area contributed by atoms with E-state index >= 15 is 0 Å². The number of aryl methyl sites for hydroxylation is 1. The van der Waals surface area contributed by atoms with Gasteiger partial charge in [0.05, 0.1) is 0 Å². The lowest BCUT2D eigenvalue weighted by molar-refractivity contribution is 0.426. The predicted octanol–water partition coefficient (Wildman–Crippen LogP) is 7.26. The van der Waals surface area contributed by atoms with E-state index in [0.717, 1.165) is 12.5 Å². The molecule has 2 nitrogen and oxygen atoms in total. The molecular formula is C20H37ClN2. The first kappa shape index (κ1) is 20.5. The van der Waals surface area contributed by atoms with Crippen molar-refractivity contribution in [3.8, 4) is 0 Å². The van der Waals surface area contributed by atoms with Gasteiger partial charge in [0.15, 0.2) is 0 Å². The summed E-state index contributed by atoms with van der Waals surface area (Å²) < 4.78 is 2.04. The third-order valence-electron chi connectivity index (χ3n) is 4.83. The summed E-state index contributed by atoms with van der Waals surface area (Å²) in [5.41, 5.74) is 0. The Labute approximate surface area is 149 Å². The Morgan fingerprint density at radius 2 is 1.48 bits per heavy atom. The molecule has 0 fully saturated rings. The monoisotopic (exact) mass is 340 g/mol. The molecule has 0 N–H and O–H groups in total. The van der Waals surface area contributed by atoms with Gasteiger partial charge in [-0.05, 0) is 23.9 Å². The SMILES string of the molecule is CCCCCCCCCCCCCC(C)CCn1ccnc1Cl. The number of hydrogen-bond acceptors (Lipinski definition) is 1. The molecule has 1 aromatic rings. The third-order valence-corrected chi connectivity index (χ3v) is 5.14. The molecule has 3 heteroatoms. The van der Waals surface area contributed by atoms with Gasteiger partial charge in [-0.3, -0.25) is 0 Å². The van der Waals surface area contributed by atoms with Gasteiger partial charge in [0, 0.05) is 18.9 Å². The fourth-order valence-corrected chi connectivity index (χ4v) is 3.34. The van der Waals surface area contributed by atoms with E-state index in [4.69, 9.17) is 11.6 Å². The zero-order valence-corrected chi connectivity index (χ0v) is 16.2. The molecule has 1 heterocycles. The second kappa shape index (κ2) is 13.9. The van der Waals surface area contributed by atoms with Crippen LogP contribution in [0.2, 0.25) is 5.28 Å². The quantitative estimate of drug-likeness (QED) is 0.307. The maximum atomic E-state index is 6.00. The van der Waals surface area contributed by atoms with Crippen LogP contribution in [0, 0.1) is 5.92 Å². The van der Waals surface area contributed by atoms with Crippen molar-refractivity contribution in [2.75, 3.05) is 0 Å². The fraction of sp³-hybridized carbons (Fsp3) is 0.850. The molecule has 0 spiro atoms. The van der Waals surface area contributed by atoms with Crippen LogP contribution < -0.4 is 0 Å². The highest BCUT2D eigenvalue weighted by molar-refractivity contribution is 6.28. The molecule has 0 aliphatic carbocycles. The van der Waals surface area contributed by atoms with Gasteiger partial charge in [-0.2, -0.15) is 0 Å². The number of rotatable bonds is 15. The molecule has 23 heavy (non-hydrogen) atoms. The summed E-state index contributed by atoms with van der Waals surface area (Å²) in [6, 6.07) is 0. The summed E-state index contributed by atoms with van der Waals surface area (Å²) in [5, 5.41) is 0.617. The normalized spacial score (nSPS) is 12.7. The highest BCUT2D eigenvalue weighted by Crippen LogP contribution is 2.17. The van der Waals surface area contributed by atoms with Crippen LogP contribution in [0.3, 0.4) is 0 Å². The third kappa shape index (κ3) is 10.8. The minimum atomic E-state index is 0.617. The maximum Gasteiger partial charge on any atom is 0.202 e. The van der Waals surface area contributed by atoms with Crippen molar-refractivity contribution in [1.29, 1.82) is 0 Å². The topological polar surface area (TPSA) is 17.8 Å². The van der Waals surface area contributed by atoms with Crippen LogP contribution in [0.15, 0.2) is 12.4 Å². The van der Waals surface area contributed by atoms with E-state index in [1.54, 1.807) is 6.20 Å². The van der Waals surface area contributed by atoms with E-state index in [9.17, 15) is 0 Å². The van der Waals surface area contributed by atoms with Crippen molar-refractivity contribution in [2.45, 2.75) is 104 Å². The first-order chi connectivity index (χ1) is 11.2. The van der Waals surface area contributed by atoms with Crippen LogP contribution >= 0.6 is 11.6 Å². The van der Waals surface area contributed by atoms with Gasteiger partial charge in [-0.15, -0.1) is 0 Å². The van der Waals surface area contributed by atoms with Crippen molar-refractivity contribution in [2.24, 2.45) is 5.92 Å². The molecule has 0 saturated heterocycles. The average Bonchev–Trinajstić information content (AvgIpc) is 2.96. The number of halogens is 1. The van der Waals surface area contributed by atoms with Crippen LogP contribution in [0.4, 0.5) is 0 Å². The van der Waals surface area contributed by atoms with Crippen LogP contribution in [0.1, 0.15) is 97.3 Å². The van der Waals surface area contributed by atoms with E-state index in [2.05, 4.69) is 18.8 Å². The molecule has 1 atom stereocenters. The highest BCUT2D eigenvalue weighted by atomic mass is 35.5. The molecule has 0 aliphatic rings. The molecule has 1 unspecified atom stereocenters. The van der Waals surface area contributed by atoms with E-state index in [0.29, 0.717) is 5.28 Å². The lowest BCUT2D eigenvalue weighted by Crippen LogP contribution is -2.03. The Hall–Kier alpha value is -0.500. The molecule has 0 saturated carbocycles. The minimum absolute atomic E-state index is 0.617. The standard InChI is InChI=1S/C20H37ClN2/c1-3-4-5-6-7-8-9-10-11-12-13-14-19(2)15-17-23-18-16-22-20(23)21/h16,18-19H,3-15,17H2,1-2H3. The number of nitrogens with zero attached hydrogens (tertiary/aromatic N) is 2. The van der Waals surface area contributed by atoms with Gasteiger partial charge in [0.1, 0.15) is 0 Å². The number of aromatic nitrogens is 2. The molecule has 0 radical (unpaired) electrons. The Kier molecular flexibility index (Phi) is 12.4. The maximum absolute atomic E-state index is 6.00. The minimum Gasteiger partial charge on any atom is -0.322 e. The second-order valence-electron chi connectivity index (χ2n) is 7.11. The largest absolute Gasteiger partial charge is 0.322 e. The second-order valence-corrected chi connectivity index (χ2v) is 7.45. The first-order valence-electron chi connectivity index (χ1n) is 9.90. The van der Waals surface area contributed by atoms with E-state index in [1.165, 1.54) is 83.5 Å². The Morgan fingerprint density at radius 1 is 0.913 bits per heavy atom. The smallest absolute Gasteiger partial charge is 0.202 e. The summed E-state index contributed by atoms with van der Waals surface area (Å²) in [7, 11) is 0. The predicted molar refractivity (Wildman–Crippen MR) is 102 cm³/mol. The molecule has 0 amide bonds. The zero-order chi connectivity index (χ0) is 16.8. The van der Waals surface area contributed by atoms with Gasteiger partial charge < -0.3 is 4.57 Å². The van der Waals surface area contributed by atoms with Crippen LogP contribution in [-0.2, 0) is 6.54 Å². The fourth-order valence-electron chi connectivity index (χ4n) is 3.14. The van der Waals surface area contributed by atoms with Gasteiger partial charge in [0.25, 0.3) is 0 Å². The van der Waals surface area contributed by atoms with E-state index < -0.39 is 0 Å². The average molecular weight is 341 g/mol. The van der Waals surface area contributed by atoms with Gasteiger partial charge >= 0.3 is 0 Å². The van der Waals surface area contributed by atoms with Crippen molar-refractivity contribution in [3.05, 3.63) is 17.7 Å². The molecule has 1 aromatic heterocycles. The van der Waals surface area contributed by atoms with Crippen LogP contribution in [-0.4, -0.2) is 9.55 Å². The molecule has 0 bridgehead atoms. The Bertz CT molecular complexity index is 375. The van der Waals surface area contributed by atoms with Crippen LogP contribution in [0.5, 0.6) is 0 Å². The molecule has 134 valence electrons. The summed E-state index contributed by atoms with van der Waals surface area (Å²) in [6.07, 6.45) is 22.0. The zero-order valence-electron chi connectivity index (χ0n) is 15.4. The summed E-state index contributed by atoms with van der Waals surface area (Å²) in [4.78, 5) is 4.05. The Morgan fingerprint density at radius 3 is 2.00 bits per heavy atom. The van der Waals surface area contributed by atoms with E-state index in [1.807, 2.05) is 10.8 Å². The van der Waals surface area contributed by atoms with E-state index in [-0.39, 0.29) is 0 Å². The highest BCUT2D eigenvalue weighted by Gasteiger charge is 2.04. The van der Waals surface area contributed by atoms with Crippen molar-refractivity contribution in [1.82, 2.24) is 9.55 Å². The molecule has 1 rings (SSSR count). The summed E-state index contributed by atoms with van der Waals surface area (Å²) in [6.45, 7) is 5.65. The number of imidazole rings is 1. The summed E-state index contributed by atoms with van der Waals surface area (Å²) >= 11 is 6.00. The van der Waals surface area contributed by atoms with Crippen molar-refractivity contribution in [3.63, 3.8) is 0 Å². The number of unbranched alkanes of at least 4 members (excludes halogenated alkanes) is 10. The van der Waals surface area contributed by atoms with Gasteiger partial charge in [-0.1, -0.05) is 90.9 Å². The summed E-state index contributed by atoms with van der Waals surface area (Å²) in [5.74, 6) is 0.784. The van der Waals surface area contributed by atoms with Gasteiger partial charge in [0.2, 0.25) is 5.28 Å². The molecule has 0 aliphatic heterocycles. The van der Waals surface area contributed by atoms with Gasteiger partial charge in [-0.25, -0.2) is 4.98 Å². The Balaban J connectivity index is 1.84. The van der Waals surface area contributed by atoms with Crippen molar-refractivity contribution >= 4 is 11.6 Å². The number of hydrogen-bond donors (Lipinski definition) is 0. The van der Waals surface area contributed by atoms with Crippen LogP contribution in [0.25, 0.3) is 0 Å².